The quantitative estimate of drug-likeness (QED) is 0.0383. The van der Waals surface area contributed by atoms with Crippen molar-refractivity contribution >= 4 is 64.7 Å². The number of Topliss-reactive ketones (excluding diaryl/α,β-unsaturated/α-hetero) is 4. The summed E-state index contributed by atoms with van der Waals surface area (Å²) in [6.07, 6.45) is 20.0. The number of rotatable bonds is 27. The van der Waals surface area contributed by atoms with Crippen molar-refractivity contribution in [2.45, 2.75) is 216 Å². The molecule has 4 heterocycles. The Morgan fingerprint density at radius 3 is 1.29 bits per heavy atom. The second-order valence-electron chi connectivity index (χ2n) is 19.5. The molecule has 388 valence electrons. The van der Waals surface area contributed by atoms with Crippen molar-refractivity contribution in [2.24, 2.45) is 0 Å². The van der Waals surface area contributed by atoms with Gasteiger partial charge in [-0.1, -0.05) is 114 Å². The molecule has 0 saturated carbocycles. The number of nitrogens with one attached hydrogen (secondary N) is 4. The van der Waals surface area contributed by atoms with Crippen molar-refractivity contribution in [2.75, 3.05) is 18.1 Å². The summed E-state index contributed by atoms with van der Waals surface area (Å²) in [6, 6.07) is 17.8. The molecule has 4 aliphatic heterocycles. The van der Waals surface area contributed by atoms with Crippen LogP contribution >= 0.6 is 23.5 Å². The number of amides is 4. The van der Waals surface area contributed by atoms with Crippen molar-refractivity contribution in [3.05, 3.63) is 59.7 Å². The Morgan fingerprint density at radius 2 is 0.900 bits per heavy atom. The minimum atomic E-state index is -0.137. The van der Waals surface area contributed by atoms with Gasteiger partial charge >= 0.3 is 18.0 Å². The maximum atomic E-state index is 11.9. The fourth-order valence-corrected chi connectivity index (χ4v) is 12.8. The fraction of sp³-hybridized carbons (Fsp3) is 0.661. The molecule has 2 aromatic rings. The van der Waals surface area contributed by atoms with E-state index in [1.54, 1.807) is 13.8 Å². The molecular formula is C56H84N4O8S2. The van der Waals surface area contributed by atoms with Gasteiger partial charge in [0.15, 0.2) is 0 Å². The number of unbranched alkanes of at least 4 members (excludes halogenated alkanes) is 8. The van der Waals surface area contributed by atoms with E-state index in [-0.39, 0.29) is 59.7 Å². The van der Waals surface area contributed by atoms with Crippen LogP contribution in [0.5, 0.6) is 0 Å². The number of ether oxygens (including phenoxy) is 1. The first-order chi connectivity index (χ1) is 33.8. The van der Waals surface area contributed by atoms with Crippen LogP contribution in [0.15, 0.2) is 48.5 Å². The average Bonchev–Trinajstić information content (AvgIpc) is 4.16. The van der Waals surface area contributed by atoms with E-state index in [9.17, 15) is 33.6 Å². The van der Waals surface area contributed by atoms with Crippen LogP contribution in [0.25, 0.3) is 11.1 Å². The normalized spacial score (nSPS) is 21.0. The molecule has 0 radical (unpaired) electrons. The highest BCUT2D eigenvalue weighted by Gasteiger charge is 2.43. The zero-order chi connectivity index (χ0) is 50.7. The van der Waals surface area contributed by atoms with Crippen molar-refractivity contribution < 1.29 is 38.3 Å². The molecule has 0 spiro atoms. The van der Waals surface area contributed by atoms with E-state index in [0.29, 0.717) is 73.6 Å². The molecule has 1 aliphatic carbocycles. The molecule has 4 amide bonds. The Morgan fingerprint density at radius 1 is 0.529 bits per heavy atom. The molecule has 4 fully saturated rings. The summed E-state index contributed by atoms with van der Waals surface area (Å²) in [5.74, 6) is 3.28. The number of ketones is 4. The molecule has 14 heteroatoms. The predicted molar refractivity (Wildman–Crippen MR) is 286 cm³/mol. The van der Waals surface area contributed by atoms with Gasteiger partial charge < -0.3 is 35.6 Å². The van der Waals surface area contributed by atoms with Gasteiger partial charge in [-0.2, -0.15) is 23.5 Å². The van der Waals surface area contributed by atoms with E-state index in [1.165, 1.54) is 28.7 Å². The van der Waals surface area contributed by atoms with Crippen molar-refractivity contribution in [1.29, 1.82) is 0 Å². The first-order valence-corrected chi connectivity index (χ1v) is 28.7. The minimum Gasteiger partial charge on any atom is -0.465 e. The van der Waals surface area contributed by atoms with E-state index in [1.807, 2.05) is 42.6 Å². The molecule has 2 aromatic carbocycles. The molecule has 4 saturated heterocycles. The van der Waals surface area contributed by atoms with Crippen molar-refractivity contribution in [3.8, 4) is 11.1 Å². The van der Waals surface area contributed by atoms with E-state index in [4.69, 9.17) is 4.74 Å². The highest BCUT2D eigenvalue weighted by Crippen LogP contribution is 2.44. The largest absolute Gasteiger partial charge is 0.465 e. The van der Waals surface area contributed by atoms with Crippen LogP contribution in [0.2, 0.25) is 0 Å². The second-order valence-corrected chi connectivity index (χ2v) is 22.1. The molecule has 0 bridgehead atoms. The third-order valence-electron chi connectivity index (χ3n) is 13.4. The van der Waals surface area contributed by atoms with Gasteiger partial charge in [0.1, 0.15) is 29.7 Å². The topological polar surface area (TPSA) is 177 Å². The summed E-state index contributed by atoms with van der Waals surface area (Å²) >= 11 is 3.87. The third kappa shape index (κ3) is 20.5. The Labute approximate surface area is 427 Å². The summed E-state index contributed by atoms with van der Waals surface area (Å²) in [4.78, 5) is 79.4. The van der Waals surface area contributed by atoms with Crippen LogP contribution in [0.3, 0.4) is 0 Å². The average molecular weight is 1010 g/mol. The standard InChI is InChI=1S/2C18H30N2O3S.C17H16O2.C3H8/c2*1-13(21)8-4-2-3-5-9-14(22)10-6-7-11-16-17-15(12-24-16)19-18(23)20-17;1-2-17(18)19-11-16-14-9-5-3-7-12(14)13-8-4-6-10-15(13)16;1-3-2/h2*15-17H,2-12H2,1H3,(H2,19,20,23);3-10,16H,2,11H2,1H3;3H2,1-2H3. The minimum absolute atomic E-state index is 0.0335. The molecule has 12 nitrogen and oxygen atoms in total. The number of esters is 1. The number of urea groups is 2. The van der Waals surface area contributed by atoms with Crippen LogP contribution in [-0.4, -0.2) is 93.9 Å². The zero-order valence-corrected chi connectivity index (χ0v) is 44.6. The van der Waals surface area contributed by atoms with E-state index in [0.717, 1.165) is 101 Å². The number of carbonyl (C=O) groups is 7. The molecule has 6 atom stereocenters. The Hall–Kier alpha value is -4.17. The highest BCUT2D eigenvalue weighted by molar-refractivity contribution is 8.00. The first kappa shape index (κ1) is 58.4. The molecule has 70 heavy (non-hydrogen) atoms. The van der Waals surface area contributed by atoms with E-state index < -0.39 is 0 Å². The SMILES string of the molecule is CC(=O)CCCCCCC(=O)CCCCC1SCC2NC(=O)NC21.CC(=O)CCCCCCC(=O)CCCCC1SCC2NC(=O)NC21.CCC.CCC(=O)OCC1c2ccccc2-c2ccccc21. The number of hydrogen-bond acceptors (Lipinski definition) is 10. The number of hydrogen-bond donors (Lipinski definition) is 4. The van der Waals surface area contributed by atoms with Gasteiger partial charge in [0, 0.05) is 72.9 Å². The maximum Gasteiger partial charge on any atom is 0.315 e. The smallest absolute Gasteiger partial charge is 0.315 e. The maximum absolute atomic E-state index is 11.9. The summed E-state index contributed by atoms with van der Waals surface area (Å²) < 4.78 is 5.35. The van der Waals surface area contributed by atoms with Crippen molar-refractivity contribution in [1.82, 2.24) is 21.3 Å². The van der Waals surface area contributed by atoms with Crippen LogP contribution in [0.1, 0.15) is 193 Å². The Bertz CT molecular complexity index is 1850. The lowest BCUT2D eigenvalue weighted by Gasteiger charge is -2.16. The molecule has 6 unspecified atom stereocenters. The number of carbonyl (C=O) groups excluding carboxylic acids is 7. The summed E-state index contributed by atoms with van der Waals surface area (Å²) in [6.45, 7) is 9.76. The van der Waals surface area contributed by atoms with Gasteiger partial charge in [0.25, 0.3) is 0 Å². The molecule has 0 aromatic heterocycles. The second kappa shape index (κ2) is 32.7. The van der Waals surface area contributed by atoms with Gasteiger partial charge in [-0.05, 0) is 87.5 Å². The lowest BCUT2D eigenvalue weighted by atomic mass is 9.98. The van der Waals surface area contributed by atoms with Gasteiger partial charge in [-0.15, -0.1) is 0 Å². The lowest BCUT2D eigenvalue weighted by molar-refractivity contribution is -0.143. The van der Waals surface area contributed by atoms with Crippen LogP contribution < -0.4 is 21.3 Å². The van der Waals surface area contributed by atoms with Gasteiger partial charge in [-0.3, -0.25) is 14.4 Å². The van der Waals surface area contributed by atoms with E-state index in [2.05, 4.69) is 71.5 Å². The highest BCUT2D eigenvalue weighted by atomic mass is 32.2. The zero-order valence-electron chi connectivity index (χ0n) is 42.9. The number of thioether (sulfide) groups is 2. The van der Waals surface area contributed by atoms with Crippen molar-refractivity contribution in [3.63, 3.8) is 0 Å². The summed E-state index contributed by atoms with van der Waals surface area (Å²) in [7, 11) is 0. The number of fused-ring (bicyclic) bond motifs is 5. The molecule has 7 rings (SSSR count). The molecule has 4 N–H and O–H groups in total. The molecular weight excluding hydrogens is 921 g/mol. The predicted octanol–water partition coefficient (Wildman–Crippen LogP) is 11.6. The monoisotopic (exact) mass is 1000 g/mol. The van der Waals surface area contributed by atoms with Crippen LogP contribution in [0.4, 0.5) is 9.59 Å². The number of benzene rings is 2. The summed E-state index contributed by atoms with van der Waals surface area (Å²) in [5, 5.41) is 12.9. The van der Waals surface area contributed by atoms with E-state index >= 15 is 0 Å². The van der Waals surface area contributed by atoms with Gasteiger partial charge in [0.05, 0.1) is 24.2 Å². The van der Waals surface area contributed by atoms with Crippen LogP contribution in [0, 0.1) is 0 Å². The first-order valence-electron chi connectivity index (χ1n) is 26.6. The lowest BCUT2D eigenvalue weighted by Crippen LogP contribution is -2.36. The Kier molecular flexibility index (Phi) is 27.3. The fourth-order valence-electron chi connectivity index (χ4n) is 9.69. The summed E-state index contributed by atoms with van der Waals surface area (Å²) in [5.41, 5.74) is 5.03. The Balaban J connectivity index is 0.000000223. The van der Waals surface area contributed by atoms with Gasteiger partial charge in [0.2, 0.25) is 0 Å². The van der Waals surface area contributed by atoms with Crippen LogP contribution in [-0.2, 0) is 28.7 Å². The third-order valence-corrected chi connectivity index (χ3v) is 16.4. The molecule has 5 aliphatic rings. The van der Waals surface area contributed by atoms with Gasteiger partial charge in [-0.25, -0.2) is 9.59 Å².